The molecule has 1 unspecified atom stereocenters. The zero-order valence-corrected chi connectivity index (χ0v) is 21.6. The van der Waals surface area contributed by atoms with E-state index in [2.05, 4.69) is 42.2 Å². The number of nitrogens with zero attached hydrogens (tertiary/aromatic N) is 6. The Hall–Kier alpha value is -5.34. The van der Waals surface area contributed by atoms with Crippen molar-refractivity contribution in [3.05, 3.63) is 84.6 Å². The summed E-state index contributed by atoms with van der Waals surface area (Å²) >= 11 is 0. The van der Waals surface area contributed by atoms with Crippen LogP contribution < -0.4 is 20.7 Å². The van der Waals surface area contributed by atoms with E-state index in [1.165, 1.54) is 6.20 Å². The van der Waals surface area contributed by atoms with Crippen molar-refractivity contribution in [1.29, 1.82) is 5.26 Å². The Morgan fingerprint density at radius 1 is 1.18 bits per heavy atom. The normalized spacial score (nSPS) is 14.9. The third-order valence-electron chi connectivity index (χ3n) is 6.66. The van der Waals surface area contributed by atoms with Crippen molar-refractivity contribution in [3.63, 3.8) is 0 Å². The van der Waals surface area contributed by atoms with Crippen LogP contribution in [0.1, 0.15) is 24.0 Å². The first kappa shape index (κ1) is 25.0. The van der Waals surface area contributed by atoms with Crippen molar-refractivity contribution < 1.29 is 9.53 Å². The number of hydrogen-bond acceptors (Lipinski definition) is 9. The summed E-state index contributed by atoms with van der Waals surface area (Å²) in [6.07, 6.45) is 10.3. The van der Waals surface area contributed by atoms with Gasteiger partial charge in [0.25, 0.3) is 0 Å². The number of nitrogens with one attached hydrogen (secondary N) is 3. The zero-order valence-electron chi connectivity index (χ0n) is 21.6. The van der Waals surface area contributed by atoms with Crippen molar-refractivity contribution in [3.8, 4) is 17.7 Å². The van der Waals surface area contributed by atoms with Gasteiger partial charge in [-0.1, -0.05) is 6.08 Å². The van der Waals surface area contributed by atoms with Gasteiger partial charge >= 0.3 is 0 Å². The van der Waals surface area contributed by atoms with E-state index in [0.717, 1.165) is 30.6 Å². The number of hydrogen-bond donors (Lipinski definition) is 3. The molecule has 1 amide bonds. The number of rotatable bonds is 7. The van der Waals surface area contributed by atoms with E-state index in [9.17, 15) is 10.1 Å². The van der Waals surface area contributed by atoms with Gasteiger partial charge in [-0.3, -0.25) is 14.2 Å². The highest BCUT2D eigenvalue weighted by atomic mass is 16.5. The molecule has 0 saturated carbocycles. The Morgan fingerprint density at radius 3 is 2.90 bits per heavy atom. The summed E-state index contributed by atoms with van der Waals surface area (Å²) in [4.78, 5) is 21.2. The van der Waals surface area contributed by atoms with Crippen LogP contribution in [0.5, 0.6) is 11.6 Å². The monoisotopic (exact) mass is 531 g/mol. The summed E-state index contributed by atoms with van der Waals surface area (Å²) < 4.78 is 7.67. The highest BCUT2D eigenvalue weighted by Crippen LogP contribution is 2.33. The second-order valence-corrected chi connectivity index (χ2v) is 9.47. The number of aromatic nitrogens is 5. The van der Waals surface area contributed by atoms with Crippen LogP contribution in [-0.4, -0.2) is 43.1 Å². The molecule has 0 radical (unpaired) electrons. The van der Waals surface area contributed by atoms with E-state index < -0.39 is 0 Å². The molecule has 1 saturated heterocycles. The maximum Gasteiger partial charge on any atom is 0.248 e. The highest BCUT2D eigenvalue weighted by molar-refractivity contribution is 6.03. The molecule has 3 N–H and O–H groups in total. The fourth-order valence-electron chi connectivity index (χ4n) is 4.62. The van der Waals surface area contributed by atoms with Gasteiger partial charge in [0.05, 0.1) is 16.8 Å². The van der Waals surface area contributed by atoms with Gasteiger partial charge in [0.1, 0.15) is 24.5 Å². The molecule has 40 heavy (non-hydrogen) atoms. The average Bonchev–Trinajstić information content (AvgIpc) is 3.66. The SMILES string of the molecule is Cc1cc(Nc2c(C#N)cnc3ccc(NC(=O)/C=C/C4CCCN4)cc23)ccc1Oc1cc2nncn2cn1. The zero-order chi connectivity index (χ0) is 27.5. The number of nitriles is 1. The summed E-state index contributed by atoms with van der Waals surface area (Å²) in [5, 5.41) is 28.0. The number of carbonyl (C=O) groups excluding carboxylic acids is 1. The average molecular weight is 532 g/mol. The molecule has 3 aromatic heterocycles. The summed E-state index contributed by atoms with van der Waals surface area (Å²) in [5.74, 6) is 0.823. The van der Waals surface area contributed by atoms with Crippen molar-refractivity contribution in [2.45, 2.75) is 25.8 Å². The topological polar surface area (TPSA) is 142 Å². The van der Waals surface area contributed by atoms with Gasteiger partial charge in [0, 0.05) is 41.1 Å². The molecular weight excluding hydrogens is 506 g/mol. The summed E-state index contributed by atoms with van der Waals surface area (Å²) in [6.45, 7) is 2.90. The van der Waals surface area contributed by atoms with Gasteiger partial charge in [-0.25, -0.2) is 4.98 Å². The Kier molecular flexibility index (Phi) is 6.74. The van der Waals surface area contributed by atoms with Crippen LogP contribution in [0.3, 0.4) is 0 Å². The molecule has 6 rings (SSSR count). The quantitative estimate of drug-likeness (QED) is 0.256. The van der Waals surface area contributed by atoms with Gasteiger partial charge in [0.2, 0.25) is 11.8 Å². The number of benzene rings is 2. The van der Waals surface area contributed by atoms with Crippen molar-refractivity contribution in [2.24, 2.45) is 0 Å². The maximum absolute atomic E-state index is 12.5. The van der Waals surface area contributed by atoms with Crippen molar-refractivity contribution in [2.75, 3.05) is 17.2 Å². The lowest BCUT2D eigenvalue weighted by Gasteiger charge is -2.14. The largest absolute Gasteiger partial charge is 0.439 e. The molecule has 4 heterocycles. The molecule has 5 aromatic rings. The summed E-state index contributed by atoms with van der Waals surface area (Å²) in [7, 11) is 0. The number of anilines is 3. The fourth-order valence-corrected chi connectivity index (χ4v) is 4.62. The third-order valence-corrected chi connectivity index (χ3v) is 6.66. The minimum absolute atomic E-state index is 0.212. The first-order valence-electron chi connectivity index (χ1n) is 12.8. The lowest BCUT2D eigenvalue weighted by molar-refractivity contribution is -0.111. The Balaban J connectivity index is 1.24. The molecule has 0 bridgehead atoms. The fraction of sp³-hybridized carbons (Fsp3) is 0.172. The van der Waals surface area contributed by atoms with Crippen LogP contribution in [0.25, 0.3) is 16.6 Å². The molecule has 1 atom stereocenters. The predicted octanol–water partition coefficient (Wildman–Crippen LogP) is 4.64. The second-order valence-electron chi connectivity index (χ2n) is 9.47. The predicted molar refractivity (Wildman–Crippen MR) is 151 cm³/mol. The van der Waals surface area contributed by atoms with Gasteiger partial charge < -0.3 is 20.7 Å². The molecule has 1 fully saturated rings. The molecule has 0 aliphatic carbocycles. The van der Waals surface area contributed by atoms with E-state index in [1.54, 1.807) is 35.3 Å². The van der Waals surface area contributed by atoms with Gasteiger partial charge in [0.15, 0.2) is 5.65 Å². The number of ether oxygens (including phenoxy) is 1. The second kappa shape index (κ2) is 10.8. The number of fused-ring (bicyclic) bond motifs is 2. The van der Waals surface area contributed by atoms with E-state index >= 15 is 0 Å². The van der Waals surface area contributed by atoms with Crippen LogP contribution in [0.15, 0.2) is 73.5 Å². The minimum atomic E-state index is -0.212. The molecule has 2 aromatic carbocycles. The van der Waals surface area contributed by atoms with Crippen LogP contribution >= 0.6 is 0 Å². The van der Waals surface area contributed by atoms with Crippen LogP contribution in [0, 0.1) is 18.3 Å². The molecule has 0 spiro atoms. The first-order chi connectivity index (χ1) is 19.6. The first-order valence-corrected chi connectivity index (χ1v) is 12.8. The molecule has 1 aliphatic rings. The molecule has 11 nitrogen and oxygen atoms in total. The molecule has 11 heteroatoms. The summed E-state index contributed by atoms with van der Waals surface area (Å²) in [6, 6.07) is 15.2. The standard InChI is InChI=1S/C29H25N9O2/c1-18-11-21(5-8-25(18)40-28-13-26-37-34-17-38(26)16-33-28)36-29-19(14-30)15-32-24-7-4-22(12-23(24)29)35-27(39)9-6-20-3-2-10-31-20/h4-9,11-13,15-17,20,31H,2-3,10H2,1H3,(H,32,36)(H,35,39)/b9-6+. The van der Waals surface area contributed by atoms with Crippen LogP contribution in [0.4, 0.5) is 17.1 Å². The molecule has 198 valence electrons. The molecular formula is C29H25N9O2. The van der Waals surface area contributed by atoms with E-state index in [4.69, 9.17) is 4.74 Å². The lowest BCUT2D eigenvalue weighted by Crippen LogP contribution is -2.19. The molecule has 1 aliphatic heterocycles. The van der Waals surface area contributed by atoms with E-state index in [0.29, 0.717) is 45.1 Å². The van der Waals surface area contributed by atoms with Crippen LogP contribution in [0.2, 0.25) is 0 Å². The Labute approximate surface area is 229 Å². The van der Waals surface area contributed by atoms with Crippen LogP contribution in [-0.2, 0) is 4.79 Å². The number of aryl methyl sites for hydroxylation is 1. The third kappa shape index (κ3) is 5.29. The van der Waals surface area contributed by atoms with Gasteiger partial charge in [-0.05, 0) is 68.3 Å². The maximum atomic E-state index is 12.5. The number of carbonyl (C=O) groups is 1. The van der Waals surface area contributed by atoms with E-state index in [1.807, 2.05) is 43.3 Å². The number of amides is 1. The number of pyridine rings is 1. The van der Waals surface area contributed by atoms with Crippen molar-refractivity contribution in [1.82, 2.24) is 29.9 Å². The van der Waals surface area contributed by atoms with Gasteiger partial charge in [-0.15, -0.1) is 10.2 Å². The van der Waals surface area contributed by atoms with Gasteiger partial charge in [-0.2, -0.15) is 5.26 Å². The highest BCUT2D eigenvalue weighted by Gasteiger charge is 2.14. The Morgan fingerprint density at radius 2 is 2.08 bits per heavy atom. The Bertz CT molecular complexity index is 1800. The summed E-state index contributed by atoms with van der Waals surface area (Å²) in [5.41, 5.74) is 4.54. The van der Waals surface area contributed by atoms with E-state index in [-0.39, 0.29) is 11.9 Å². The minimum Gasteiger partial charge on any atom is -0.439 e. The lowest BCUT2D eigenvalue weighted by atomic mass is 10.1. The smallest absolute Gasteiger partial charge is 0.248 e. The van der Waals surface area contributed by atoms with Crippen molar-refractivity contribution >= 4 is 39.5 Å².